The molecule has 0 aliphatic carbocycles. The zero-order valence-corrected chi connectivity index (χ0v) is 17.0. The molecule has 1 aromatic carbocycles. The number of benzene rings is 1. The highest BCUT2D eigenvalue weighted by Gasteiger charge is 2.32. The van der Waals surface area contributed by atoms with E-state index in [2.05, 4.69) is 10.4 Å². The second-order valence-corrected chi connectivity index (χ2v) is 7.95. The monoisotopic (exact) mass is 399 g/mol. The predicted octanol–water partition coefficient (Wildman–Crippen LogP) is 1.87. The van der Waals surface area contributed by atoms with Crippen molar-refractivity contribution in [1.82, 2.24) is 20.0 Å². The van der Waals surface area contributed by atoms with Crippen LogP contribution in [0.2, 0.25) is 0 Å². The maximum absolute atomic E-state index is 12.8. The highest BCUT2D eigenvalue weighted by atomic mass is 16.6. The summed E-state index contributed by atoms with van der Waals surface area (Å²) in [6.07, 6.45) is 0.0537. The van der Waals surface area contributed by atoms with Gasteiger partial charge in [-0.2, -0.15) is 5.10 Å². The van der Waals surface area contributed by atoms with Gasteiger partial charge in [-0.3, -0.25) is 19.6 Å². The summed E-state index contributed by atoms with van der Waals surface area (Å²) in [5.74, 6) is -1.11. The Balaban J connectivity index is 1.78. The number of imide groups is 1. The summed E-state index contributed by atoms with van der Waals surface area (Å²) in [6.45, 7) is 6.03. The normalized spacial score (nSPS) is 13.6. The van der Waals surface area contributed by atoms with Gasteiger partial charge in [-0.25, -0.2) is 4.79 Å². The van der Waals surface area contributed by atoms with Gasteiger partial charge in [0.2, 0.25) is 0 Å². The number of nitrogens with two attached hydrogens (primary N) is 1. The van der Waals surface area contributed by atoms with Crippen LogP contribution in [0.1, 0.15) is 52.9 Å². The van der Waals surface area contributed by atoms with Crippen molar-refractivity contribution < 1.29 is 19.1 Å². The van der Waals surface area contributed by atoms with Crippen molar-refractivity contribution in [2.24, 2.45) is 7.05 Å². The number of carbonyl (C=O) groups excluding carboxylic acids is 3. The number of rotatable bonds is 2. The van der Waals surface area contributed by atoms with Crippen LogP contribution in [0.5, 0.6) is 0 Å². The van der Waals surface area contributed by atoms with Crippen molar-refractivity contribution in [1.29, 1.82) is 0 Å². The molecule has 0 spiro atoms. The number of nitrogens with zero attached hydrogens (tertiary/aromatic N) is 3. The molecule has 1 aliphatic rings. The summed E-state index contributed by atoms with van der Waals surface area (Å²) in [4.78, 5) is 39.1. The van der Waals surface area contributed by atoms with Crippen LogP contribution in [0.25, 0.3) is 0 Å². The number of carbonyl (C=O) groups is 3. The lowest BCUT2D eigenvalue weighted by Crippen LogP contribution is -2.40. The third-order valence-corrected chi connectivity index (χ3v) is 4.46. The van der Waals surface area contributed by atoms with E-state index < -0.39 is 23.5 Å². The SMILES string of the molecule is Cn1nc2c(c1C(=O)NC(=O)c1ccc(N)cc1)CN(C(=O)OC(C)(C)C)CC2. The average Bonchev–Trinajstić information content (AvgIpc) is 2.95. The van der Waals surface area contributed by atoms with Crippen LogP contribution < -0.4 is 11.1 Å². The van der Waals surface area contributed by atoms with Crippen LogP contribution in [-0.2, 0) is 24.8 Å². The van der Waals surface area contributed by atoms with E-state index in [1.165, 1.54) is 9.58 Å². The van der Waals surface area contributed by atoms with Gasteiger partial charge in [-0.1, -0.05) is 0 Å². The fourth-order valence-corrected chi connectivity index (χ4v) is 3.14. The van der Waals surface area contributed by atoms with Gasteiger partial charge in [0.05, 0.1) is 12.2 Å². The number of ether oxygens (including phenoxy) is 1. The molecular weight excluding hydrogens is 374 g/mol. The Labute approximate surface area is 168 Å². The van der Waals surface area contributed by atoms with Gasteiger partial charge in [0, 0.05) is 36.8 Å². The fraction of sp³-hybridized carbons (Fsp3) is 0.400. The molecule has 9 nitrogen and oxygen atoms in total. The third-order valence-electron chi connectivity index (χ3n) is 4.46. The Hall–Kier alpha value is -3.36. The molecule has 0 saturated carbocycles. The van der Waals surface area contributed by atoms with E-state index in [0.717, 1.165) is 5.69 Å². The van der Waals surface area contributed by atoms with Crippen LogP contribution in [0, 0.1) is 0 Å². The van der Waals surface area contributed by atoms with Crippen LogP contribution >= 0.6 is 0 Å². The van der Waals surface area contributed by atoms with Crippen LogP contribution in [0.3, 0.4) is 0 Å². The molecule has 9 heteroatoms. The number of anilines is 1. The van der Waals surface area contributed by atoms with Gasteiger partial charge < -0.3 is 15.4 Å². The Morgan fingerprint density at radius 1 is 1.14 bits per heavy atom. The number of nitrogens with one attached hydrogen (secondary N) is 1. The summed E-state index contributed by atoms with van der Waals surface area (Å²) in [5.41, 5.74) is 7.45. The molecule has 3 amide bonds. The van der Waals surface area contributed by atoms with Crippen molar-refractivity contribution in [3.63, 3.8) is 0 Å². The van der Waals surface area contributed by atoms with Crippen molar-refractivity contribution in [2.45, 2.75) is 39.3 Å². The zero-order valence-electron chi connectivity index (χ0n) is 17.0. The number of nitrogen functional groups attached to an aromatic ring is 1. The summed E-state index contributed by atoms with van der Waals surface area (Å²) < 4.78 is 6.87. The number of hydrogen-bond acceptors (Lipinski definition) is 6. The first kappa shape index (κ1) is 20.4. The Bertz CT molecular complexity index is 956. The summed E-state index contributed by atoms with van der Waals surface area (Å²) >= 11 is 0. The zero-order chi connectivity index (χ0) is 21.3. The first-order valence-electron chi connectivity index (χ1n) is 9.29. The van der Waals surface area contributed by atoms with Crippen molar-refractivity contribution in [3.05, 3.63) is 46.8 Å². The first-order chi connectivity index (χ1) is 13.5. The van der Waals surface area contributed by atoms with Crippen molar-refractivity contribution in [3.8, 4) is 0 Å². The number of hydrogen-bond donors (Lipinski definition) is 2. The maximum Gasteiger partial charge on any atom is 0.410 e. The molecule has 0 atom stereocenters. The highest BCUT2D eigenvalue weighted by molar-refractivity contribution is 6.10. The van der Waals surface area contributed by atoms with Crippen molar-refractivity contribution >= 4 is 23.6 Å². The molecule has 29 heavy (non-hydrogen) atoms. The topological polar surface area (TPSA) is 120 Å². The van der Waals surface area contributed by atoms with E-state index in [-0.39, 0.29) is 12.2 Å². The molecule has 1 aliphatic heterocycles. The molecule has 3 rings (SSSR count). The van der Waals surface area contributed by atoms with Gasteiger partial charge in [0.25, 0.3) is 11.8 Å². The second kappa shape index (κ2) is 7.57. The molecule has 0 unspecified atom stereocenters. The second-order valence-electron chi connectivity index (χ2n) is 7.95. The molecule has 1 aromatic heterocycles. The van der Waals surface area contributed by atoms with Crippen LogP contribution in [-0.4, -0.2) is 44.7 Å². The lowest BCUT2D eigenvalue weighted by Gasteiger charge is -2.29. The third kappa shape index (κ3) is 4.56. The van der Waals surface area contributed by atoms with Gasteiger partial charge in [0.1, 0.15) is 11.3 Å². The summed E-state index contributed by atoms with van der Waals surface area (Å²) in [6, 6.07) is 6.26. The molecule has 0 bridgehead atoms. The largest absolute Gasteiger partial charge is 0.444 e. The predicted molar refractivity (Wildman–Crippen MR) is 106 cm³/mol. The van der Waals surface area contributed by atoms with E-state index in [0.29, 0.717) is 29.8 Å². The molecule has 0 radical (unpaired) electrons. The van der Waals surface area contributed by atoms with Gasteiger partial charge in [-0.05, 0) is 45.0 Å². The molecular formula is C20H25N5O4. The van der Waals surface area contributed by atoms with E-state index in [9.17, 15) is 14.4 Å². The van der Waals surface area contributed by atoms with E-state index in [1.54, 1.807) is 52.1 Å². The van der Waals surface area contributed by atoms with E-state index in [4.69, 9.17) is 10.5 Å². The average molecular weight is 399 g/mol. The van der Waals surface area contributed by atoms with Gasteiger partial charge in [0.15, 0.2) is 0 Å². The van der Waals surface area contributed by atoms with Crippen LogP contribution in [0.4, 0.5) is 10.5 Å². The fourth-order valence-electron chi connectivity index (χ4n) is 3.14. The summed E-state index contributed by atoms with van der Waals surface area (Å²) in [7, 11) is 1.64. The minimum atomic E-state index is -0.613. The Morgan fingerprint density at radius 3 is 2.41 bits per heavy atom. The number of aromatic nitrogens is 2. The molecule has 0 saturated heterocycles. The lowest BCUT2D eigenvalue weighted by atomic mass is 10.0. The minimum absolute atomic E-state index is 0.191. The number of aryl methyl sites for hydroxylation is 1. The van der Waals surface area contributed by atoms with Crippen LogP contribution in [0.15, 0.2) is 24.3 Å². The molecule has 0 fully saturated rings. The smallest absolute Gasteiger partial charge is 0.410 e. The quantitative estimate of drug-likeness (QED) is 0.588. The minimum Gasteiger partial charge on any atom is -0.444 e. The number of fused-ring (bicyclic) bond motifs is 1. The number of amides is 3. The lowest BCUT2D eigenvalue weighted by molar-refractivity contribution is 0.0222. The van der Waals surface area contributed by atoms with E-state index in [1.807, 2.05) is 0 Å². The summed E-state index contributed by atoms with van der Waals surface area (Å²) in [5, 5.41) is 6.76. The van der Waals surface area contributed by atoms with E-state index >= 15 is 0 Å². The molecule has 3 N–H and O–H groups in total. The molecule has 2 aromatic rings. The Morgan fingerprint density at radius 2 is 1.79 bits per heavy atom. The molecule has 154 valence electrons. The first-order valence-corrected chi connectivity index (χ1v) is 9.29. The van der Waals surface area contributed by atoms with Crippen molar-refractivity contribution in [2.75, 3.05) is 12.3 Å². The van der Waals surface area contributed by atoms with Gasteiger partial charge >= 0.3 is 6.09 Å². The standard InChI is InChI=1S/C20H25N5O4/c1-20(2,3)29-19(28)25-10-9-15-14(11-25)16(24(4)23-15)18(27)22-17(26)12-5-7-13(21)8-6-12/h5-8H,9-11,21H2,1-4H3,(H,22,26,27). The Kier molecular flexibility index (Phi) is 5.32. The van der Waals surface area contributed by atoms with Gasteiger partial charge in [-0.15, -0.1) is 0 Å². The highest BCUT2D eigenvalue weighted by Crippen LogP contribution is 2.23. The maximum atomic E-state index is 12.8. The molecule has 2 heterocycles.